The number of quaternary nitrogens is 1. The number of likely N-dealkylation sites (N-methyl/N-ethyl adjacent to an activating group) is 1. The number of hydrogen-bond donors (Lipinski definition) is 1. The van der Waals surface area contributed by atoms with E-state index in [0.29, 0.717) is 17.6 Å². The van der Waals surface area contributed by atoms with Crippen LogP contribution in [-0.2, 0) is 23.1 Å². The highest BCUT2D eigenvalue weighted by Crippen LogP contribution is 2.43. The minimum atomic E-state index is -4.13. The molecule has 0 amide bonds. The molecule has 0 heterocycles. The maximum atomic E-state index is 11.9. The minimum Gasteiger partial charge on any atom is -0.374 e. The van der Waals surface area contributed by atoms with Gasteiger partial charge in [-0.25, -0.2) is 8.96 Å². The van der Waals surface area contributed by atoms with Crippen LogP contribution in [0, 0.1) is 0 Å². The van der Waals surface area contributed by atoms with Gasteiger partial charge >= 0.3 is 7.82 Å². The Morgan fingerprint density at radius 1 is 1.25 bits per heavy atom. The van der Waals surface area contributed by atoms with Crippen molar-refractivity contribution in [3.8, 4) is 0 Å². The van der Waals surface area contributed by atoms with Crippen LogP contribution in [0.25, 0.3) is 0 Å². The number of phosphoric acid groups is 1. The summed E-state index contributed by atoms with van der Waals surface area (Å²) in [6.45, 7) is 1.57. The summed E-state index contributed by atoms with van der Waals surface area (Å²) >= 11 is 0. The van der Waals surface area contributed by atoms with Crippen LogP contribution in [-0.4, -0.2) is 76.5 Å². The molecular formula is C11H26FNO6P+. The maximum Gasteiger partial charge on any atom is 0.472 e. The number of nitrogens with zero attached hydrogens (tertiary/aromatic N) is 1. The van der Waals surface area contributed by atoms with Gasteiger partial charge < -0.3 is 18.9 Å². The van der Waals surface area contributed by atoms with E-state index in [1.807, 2.05) is 21.1 Å². The molecule has 0 fully saturated rings. The van der Waals surface area contributed by atoms with E-state index >= 15 is 0 Å². The molecule has 0 aromatic carbocycles. The second-order valence-corrected chi connectivity index (χ2v) is 6.62. The molecule has 0 aliphatic heterocycles. The van der Waals surface area contributed by atoms with Gasteiger partial charge in [-0.1, -0.05) is 0 Å². The highest BCUT2D eigenvalue weighted by Gasteiger charge is 2.24. The van der Waals surface area contributed by atoms with E-state index in [1.54, 1.807) is 6.92 Å². The van der Waals surface area contributed by atoms with Crippen LogP contribution in [0.3, 0.4) is 0 Å². The van der Waals surface area contributed by atoms with E-state index in [2.05, 4.69) is 4.74 Å². The summed E-state index contributed by atoms with van der Waals surface area (Å²) in [5, 5.41) is 0. The van der Waals surface area contributed by atoms with Gasteiger partial charge in [0.15, 0.2) is 6.86 Å². The van der Waals surface area contributed by atoms with Crippen molar-refractivity contribution in [3.05, 3.63) is 0 Å². The monoisotopic (exact) mass is 318 g/mol. The van der Waals surface area contributed by atoms with E-state index in [9.17, 15) is 13.8 Å². The normalized spacial score (nSPS) is 16.9. The Balaban J connectivity index is 4.06. The number of hydrogen-bond acceptors (Lipinski definition) is 5. The standard InChI is InChI=1S/C11H25FNO6P/c1-5-17-11(8-16-10-12)9-19-20(14,15)18-7-6-13(2,3)4/h11H,5-10H2,1-4H3/p+1. The fraction of sp³-hybridized carbons (Fsp3) is 1.00. The van der Waals surface area contributed by atoms with Gasteiger partial charge in [-0.05, 0) is 6.92 Å². The highest BCUT2D eigenvalue weighted by atomic mass is 31.2. The first kappa shape index (κ1) is 19.9. The molecular weight excluding hydrogens is 292 g/mol. The number of rotatable bonds is 12. The van der Waals surface area contributed by atoms with Crippen molar-refractivity contribution in [2.45, 2.75) is 13.0 Å². The van der Waals surface area contributed by atoms with Crippen molar-refractivity contribution < 1.29 is 36.9 Å². The number of phosphoric ester groups is 1. The van der Waals surface area contributed by atoms with E-state index < -0.39 is 20.8 Å². The average Bonchev–Trinajstić information content (AvgIpc) is 2.31. The predicted molar refractivity (Wildman–Crippen MR) is 72.0 cm³/mol. The fourth-order valence-corrected chi connectivity index (χ4v) is 1.94. The maximum absolute atomic E-state index is 11.9. The molecule has 2 unspecified atom stereocenters. The van der Waals surface area contributed by atoms with Gasteiger partial charge in [-0.15, -0.1) is 0 Å². The second kappa shape index (κ2) is 9.78. The van der Waals surface area contributed by atoms with Gasteiger partial charge in [-0.3, -0.25) is 9.05 Å². The van der Waals surface area contributed by atoms with Crippen LogP contribution < -0.4 is 0 Å². The van der Waals surface area contributed by atoms with Crippen LogP contribution in [0.4, 0.5) is 4.39 Å². The van der Waals surface area contributed by atoms with Crippen LogP contribution in [0.15, 0.2) is 0 Å². The first-order valence-corrected chi connectivity index (χ1v) is 7.87. The molecule has 0 bridgehead atoms. The van der Waals surface area contributed by atoms with Crippen LogP contribution >= 0.6 is 7.82 Å². The van der Waals surface area contributed by atoms with Gasteiger partial charge in [0.2, 0.25) is 0 Å². The molecule has 9 heteroatoms. The zero-order valence-electron chi connectivity index (χ0n) is 12.6. The molecule has 0 saturated carbocycles. The summed E-state index contributed by atoms with van der Waals surface area (Å²) in [6.07, 6.45) is -0.613. The molecule has 0 aromatic rings. The molecule has 2 atom stereocenters. The molecule has 0 spiro atoms. The summed E-state index contributed by atoms with van der Waals surface area (Å²) in [5.74, 6) is 0. The summed E-state index contributed by atoms with van der Waals surface area (Å²) in [7, 11) is 1.68. The minimum absolute atomic E-state index is 0.0524. The predicted octanol–water partition coefficient (Wildman–Crippen LogP) is 1.17. The molecule has 0 rings (SSSR count). The molecule has 0 aliphatic rings. The van der Waals surface area contributed by atoms with Crippen molar-refractivity contribution in [3.63, 3.8) is 0 Å². The van der Waals surface area contributed by atoms with Crippen molar-refractivity contribution in [2.75, 3.05) is 61.0 Å². The Hall–Kier alpha value is -0.0800. The van der Waals surface area contributed by atoms with E-state index in [-0.39, 0.29) is 19.8 Å². The smallest absolute Gasteiger partial charge is 0.374 e. The third-order valence-electron chi connectivity index (χ3n) is 2.22. The number of ether oxygens (including phenoxy) is 2. The molecule has 0 aromatic heterocycles. The average molecular weight is 318 g/mol. The molecule has 7 nitrogen and oxygen atoms in total. The summed E-state index contributed by atoms with van der Waals surface area (Å²) in [6, 6.07) is 0. The zero-order valence-corrected chi connectivity index (χ0v) is 13.5. The lowest BCUT2D eigenvalue weighted by atomic mass is 10.4. The quantitative estimate of drug-likeness (QED) is 0.430. The third-order valence-corrected chi connectivity index (χ3v) is 3.21. The van der Waals surface area contributed by atoms with Crippen molar-refractivity contribution in [2.24, 2.45) is 0 Å². The van der Waals surface area contributed by atoms with Crippen molar-refractivity contribution in [1.29, 1.82) is 0 Å². The van der Waals surface area contributed by atoms with E-state index in [1.165, 1.54) is 0 Å². The Morgan fingerprint density at radius 3 is 2.40 bits per heavy atom. The van der Waals surface area contributed by atoms with Gasteiger partial charge in [0, 0.05) is 6.61 Å². The van der Waals surface area contributed by atoms with Crippen LogP contribution in [0.5, 0.6) is 0 Å². The fourth-order valence-electron chi connectivity index (χ4n) is 1.20. The van der Waals surface area contributed by atoms with Gasteiger partial charge in [0.1, 0.15) is 19.3 Å². The summed E-state index contributed by atoms with van der Waals surface area (Å²) < 4.78 is 43.5. The lowest BCUT2D eigenvalue weighted by Gasteiger charge is -2.24. The van der Waals surface area contributed by atoms with Crippen molar-refractivity contribution >= 4 is 7.82 Å². The van der Waals surface area contributed by atoms with Crippen LogP contribution in [0.1, 0.15) is 6.92 Å². The second-order valence-electron chi connectivity index (χ2n) is 5.17. The van der Waals surface area contributed by atoms with Gasteiger partial charge in [-0.2, -0.15) is 0 Å². The first-order valence-electron chi connectivity index (χ1n) is 6.38. The molecule has 122 valence electrons. The molecule has 1 N–H and O–H groups in total. The van der Waals surface area contributed by atoms with Gasteiger partial charge in [0.05, 0.1) is 34.4 Å². The zero-order chi connectivity index (χ0) is 15.6. The van der Waals surface area contributed by atoms with Crippen LogP contribution in [0.2, 0.25) is 0 Å². The Labute approximate surface area is 119 Å². The Bertz CT molecular complexity index is 299. The van der Waals surface area contributed by atoms with Gasteiger partial charge in [0.25, 0.3) is 0 Å². The third kappa shape index (κ3) is 11.7. The topological polar surface area (TPSA) is 74.2 Å². The molecule has 0 radical (unpaired) electrons. The summed E-state index contributed by atoms with van der Waals surface area (Å²) in [4.78, 5) is 9.49. The molecule has 0 saturated heterocycles. The molecule has 20 heavy (non-hydrogen) atoms. The highest BCUT2D eigenvalue weighted by molar-refractivity contribution is 7.47. The van der Waals surface area contributed by atoms with E-state index in [4.69, 9.17) is 13.8 Å². The summed E-state index contributed by atoms with van der Waals surface area (Å²) in [5.41, 5.74) is 0. The first-order chi connectivity index (χ1) is 9.20. The lowest BCUT2D eigenvalue weighted by Crippen LogP contribution is -2.37. The largest absolute Gasteiger partial charge is 0.472 e. The van der Waals surface area contributed by atoms with E-state index in [0.717, 1.165) is 0 Å². The lowest BCUT2D eigenvalue weighted by molar-refractivity contribution is -0.870. The number of halogens is 1. The Kier molecular flexibility index (Phi) is 9.74. The SMILES string of the molecule is CCOC(COCF)COP(=O)(O)OCC[N+](C)(C)C. The Morgan fingerprint density at radius 2 is 1.90 bits per heavy atom. The number of alkyl halides is 1. The van der Waals surface area contributed by atoms with Crippen molar-refractivity contribution in [1.82, 2.24) is 0 Å². The molecule has 0 aliphatic carbocycles.